The second-order valence-electron chi connectivity index (χ2n) is 1.60. The van der Waals surface area contributed by atoms with Crippen LogP contribution < -0.4 is 5.73 Å². The molecule has 0 aromatic rings. The van der Waals surface area contributed by atoms with Gasteiger partial charge in [-0.05, 0) is 6.08 Å². The molecule has 0 radical (unpaired) electrons. The summed E-state index contributed by atoms with van der Waals surface area (Å²) in [6.45, 7) is 3.09. The minimum Gasteiger partial charge on any atom is -0.379 e. The molecule has 0 saturated heterocycles. The van der Waals surface area contributed by atoms with Gasteiger partial charge in [-0.3, -0.25) is 4.79 Å². The lowest BCUT2D eigenvalue weighted by atomic mass is 10.6. The van der Waals surface area contributed by atoms with Crippen LogP contribution in [-0.4, -0.2) is 36.8 Å². The van der Waals surface area contributed by atoms with Gasteiger partial charge in [-0.2, -0.15) is 0 Å². The summed E-state index contributed by atoms with van der Waals surface area (Å²) >= 11 is 0. The van der Waals surface area contributed by atoms with E-state index in [1.165, 1.54) is 0 Å². The monoisotopic (exact) mass is 193 g/mol. The van der Waals surface area contributed by atoms with E-state index in [0.29, 0.717) is 0 Å². The summed E-state index contributed by atoms with van der Waals surface area (Å²) in [7, 11) is 3.05. The fourth-order valence-corrected chi connectivity index (χ4v) is 0.866. The van der Waals surface area contributed by atoms with E-state index in [0.717, 1.165) is 6.08 Å². The second-order valence-corrected chi connectivity index (χ2v) is 3.59. The summed E-state index contributed by atoms with van der Waals surface area (Å²) in [4.78, 5) is 9.47. The van der Waals surface area contributed by atoms with Gasteiger partial charge in [0, 0.05) is 21.3 Å². The number of rotatable bonds is 4. The van der Waals surface area contributed by atoms with Crippen LogP contribution in [0.25, 0.3) is 0 Å². The molecule has 1 amide bonds. The smallest absolute Gasteiger partial charge is 0.379 e. The van der Waals surface area contributed by atoms with Gasteiger partial charge in [0.2, 0.25) is 5.91 Å². The Morgan fingerprint density at radius 3 is 1.58 bits per heavy atom. The Morgan fingerprint density at radius 2 is 1.58 bits per heavy atom. The summed E-state index contributed by atoms with van der Waals surface area (Å²) in [6.07, 6.45) is 1.06. The molecule has 0 aromatic carbocycles. The fraction of sp³-hybridized carbons (Fsp3) is 0.500. The van der Waals surface area contributed by atoms with Crippen LogP contribution in [-0.2, 0) is 18.1 Å². The van der Waals surface area contributed by atoms with E-state index < -0.39 is 15.4 Å². The molecule has 12 heavy (non-hydrogen) atoms. The highest BCUT2D eigenvalue weighted by atomic mass is 28.3. The standard InChI is InChI=1S/C3H5NO.C3H10O3Si/c1-2-3(4)5;1-4-7(5-2)6-3/h2H,1H2,(H2,4,5);7H,1-3H3. The molecule has 0 aliphatic rings. The Kier molecular flexibility index (Phi) is 11.9. The molecule has 0 fully saturated rings. The molecule has 0 aliphatic heterocycles. The molecule has 0 spiro atoms. The topological polar surface area (TPSA) is 70.8 Å². The van der Waals surface area contributed by atoms with Crippen LogP contribution in [0.5, 0.6) is 0 Å². The first-order valence-electron chi connectivity index (χ1n) is 3.12. The zero-order valence-corrected chi connectivity index (χ0v) is 8.73. The van der Waals surface area contributed by atoms with Crippen LogP contribution in [0.4, 0.5) is 0 Å². The molecule has 0 atom stereocenters. The first kappa shape index (κ1) is 13.9. The fourth-order valence-electron chi connectivity index (χ4n) is 0.289. The van der Waals surface area contributed by atoms with Crippen molar-refractivity contribution in [1.82, 2.24) is 0 Å². The molecule has 0 aromatic heterocycles. The van der Waals surface area contributed by atoms with E-state index in [1.807, 2.05) is 0 Å². The van der Waals surface area contributed by atoms with Crippen molar-refractivity contribution in [3.8, 4) is 0 Å². The second kappa shape index (κ2) is 10.3. The van der Waals surface area contributed by atoms with Gasteiger partial charge in [0.15, 0.2) is 0 Å². The van der Waals surface area contributed by atoms with Gasteiger partial charge in [-0.15, -0.1) is 0 Å². The molecule has 0 saturated carbocycles. The Bertz CT molecular complexity index is 121. The first-order valence-corrected chi connectivity index (χ1v) is 4.54. The van der Waals surface area contributed by atoms with Crippen molar-refractivity contribution in [2.24, 2.45) is 5.73 Å². The van der Waals surface area contributed by atoms with Crippen LogP contribution in [0.3, 0.4) is 0 Å². The van der Waals surface area contributed by atoms with Crippen molar-refractivity contribution < 1.29 is 18.1 Å². The summed E-state index contributed by atoms with van der Waals surface area (Å²) in [5, 5.41) is 0. The maximum absolute atomic E-state index is 9.47. The highest BCUT2D eigenvalue weighted by Gasteiger charge is 2.04. The molecule has 0 bridgehead atoms. The lowest BCUT2D eigenvalue weighted by molar-refractivity contribution is -0.113. The quantitative estimate of drug-likeness (QED) is 0.473. The maximum atomic E-state index is 9.47. The van der Waals surface area contributed by atoms with E-state index in [-0.39, 0.29) is 0 Å². The van der Waals surface area contributed by atoms with Gasteiger partial charge in [-0.1, -0.05) is 6.58 Å². The number of carbonyl (C=O) groups is 1. The minimum atomic E-state index is -1.67. The Balaban J connectivity index is 0. The van der Waals surface area contributed by atoms with Gasteiger partial charge in [0.1, 0.15) is 0 Å². The van der Waals surface area contributed by atoms with Crippen molar-refractivity contribution in [3.05, 3.63) is 12.7 Å². The average molecular weight is 193 g/mol. The van der Waals surface area contributed by atoms with Crippen molar-refractivity contribution in [1.29, 1.82) is 0 Å². The molecular weight excluding hydrogens is 178 g/mol. The van der Waals surface area contributed by atoms with Gasteiger partial charge in [-0.25, -0.2) is 0 Å². The van der Waals surface area contributed by atoms with Gasteiger partial charge < -0.3 is 19.0 Å². The summed E-state index contributed by atoms with van der Waals surface area (Å²) in [5.41, 5.74) is 4.53. The SMILES string of the molecule is C=CC(N)=O.CO[SiH](OC)OC. The summed E-state index contributed by atoms with van der Waals surface area (Å²) in [6, 6.07) is 0. The number of carbonyl (C=O) groups excluding carboxylic acids is 1. The Labute approximate surface area is 74.1 Å². The van der Waals surface area contributed by atoms with E-state index in [1.54, 1.807) is 21.3 Å². The minimum absolute atomic E-state index is 0.481. The predicted molar refractivity (Wildman–Crippen MR) is 47.6 cm³/mol. The van der Waals surface area contributed by atoms with Crippen molar-refractivity contribution in [2.45, 2.75) is 0 Å². The molecule has 0 unspecified atom stereocenters. The molecule has 0 aliphatic carbocycles. The van der Waals surface area contributed by atoms with E-state index in [4.69, 9.17) is 13.3 Å². The van der Waals surface area contributed by atoms with Crippen LogP contribution in [0.15, 0.2) is 12.7 Å². The maximum Gasteiger partial charge on any atom is 0.483 e. The van der Waals surface area contributed by atoms with Crippen LogP contribution in [0, 0.1) is 0 Å². The Hall–Kier alpha value is -0.693. The highest BCUT2D eigenvalue weighted by Crippen LogP contribution is 1.81. The molecule has 0 heterocycles. The molecular formula is C6H15NO4Si. The van der Waals surface area contributed by atoms with Crippen molar-refractivity contribution in [3.63, 3.8) is 0 Å². The van der Waals surface area contributed by atoms with Gasteiger partial charge in [0.05, 0.1) is 0 Å². The molecule has 0 rings (SSSR count). The van der Waals surface area contributed by atoms with Crippen molar-refractivity contribution >= 4 is 15.4 Å². The molecule has 2 N–H and O–H groups in total. The highest BCUT2D eigenvalue weighted by molar-refractivity contribution is 6.36. The third kappa shape index (κ3) is 12.0. The number of hydrogen-bond donors (Lipinski definition) is 1. The number of amides is 1. The summed E-state index contributed by atoms with van der Waals surface area (Å²) < 4.78 is 14.2. The molecule has 5 nitrogen and oxygen atoms in total. The summed E-state index contributed by atoms with van der Waals surface area (Å²) in [5.74, 6) is -0.481. The third-order valence-corrected chi connectivity index (χ3v) is 1.93. The van der Waals surface area contributed by atoms with Crippen molar-refractivity contribution in [2.75, 3.05) is 21.3 Å². The van der Waals surface area contributed by atoms with E-state index in [2.05, 4.69) is 12.3 Å². The average Bonchev–Trinajstić information content (AvgIpc) is 2.09. The number of nitrogens with two attached hydrogens (primary N) is 1. The van der Waals surface area contributed by atoms with Gasteiger partial charge in [0.25, 0.3) is 0 Å². The lowest BCUT2D eigenvalue weighted by Crippen LogP contribution is -2.21. The number of hydrogen-bond acceptors (Lipinski definition) is 4. The van der Waals surface area contributed by atoms with Crippen LogP contribution >= 0.6 is 0 Å². The predicted octanol–water partition coefficient (Wildman–Crippen LogP) is -0.699. The molecule has 6 heteroatoms. The Morgan fingerprint density at radius 1 is 1.33 bits per heavy atom. The largest absolute Gasteiger partial charge is 0.483 e. The van der Waals surface area contributed by atoms with Crippen LogP contribution in [0.1, 0.15) is 0 Å². The van der Waals surface area contributed by atoms with E-state index >= 15 is 0 Å². The zero-order valence-electron chi connectivity index (χ0n) is 7.57. The third-order valence-electron chi connectivity index (χ3n) is 0.779. The van der Waals surface area contributed by atoms with E-state index in [9.17, 15) is 4.79 Å². The zero-order chi connectivity index (χ0) is 9.98. The lowest BCUT2D eigenvalue weighted by Gasteiger charge is -2.05. The molecule has 72 valence electrons. The first-order chi connectivity index (χ1) is 5.62. The number of primary amides is 1. The van der Waals surface area contributed by atoms with Crippen LogP contribution in [0.2, 0.25) is 0 Å². The normalized spacial score (nSPS) is 8.67. The van der Waals surface area contributed by atoms with Gasteiger partial charge >= 0.3 is 9.53 Å².